The van der Waals surface area contributed by atoms with Crippen LogP contribution in [-0.4, -0.2) is 15.5 Å². The Labute approximate surface area is 79.1 Å². The first-order chi connectivity index (χ1) is 6.59. The molecule has 14 heavy (non-hydrogen) atoms. The van der Waals surface area contributed by atoms with Gasteiger partial charge in [-0.15, -0.1) is 0 Å². The highest BCUT2D eigenvalue weighted by Crippen LogP contribution is 2.15. The van der Waals surface area contributed by atoms with Gasteiger partial charge in [-0.25, -0.2) is 4.98 Å². The van der Waals surface area contributed by atoms with E-state index in [0.717, 1.165) is 0 Å². The molecule has 0 saturated heterocycles. The van der Waals surface area contributed by atoms with Crippen LogP contribution in [0.15, 0.2) is 18.2 Å². The molecule has 0 fully saturated rings. The highest BCUT2D eigenvalue weighted by Gasteiger charge is 2.08. The van der Waals surface area contributed by atoms with Crippen molar-refractivity contribution in [2.75, 3.05) is 0 Å². The van der Waals surface area contributed by atoms with Crippen molar-refractivity contribution in [1.29, 1.82) is 0 Å². The van der Waals surface area contributed by atoms with E-state index < -0.39 is 12.0 Å². The molecule has 0 unspecified atom stereocenters. The third-order valence-corrected chi connectivity index (χ3v) is 2.11. The number of aryl methyl sites for hydroxylation is 1. The number of hydrogen-bond acceptors (Lipinski definition) is 2. The molecule has 2 rings (SSSR count). The zero-order valence-electron chi connectivity index (χ0n) is 7.49. The Morgan fingerprint density at radius 1 is 1.57 bits per heavy atom. The van der Waals surface area contributed by atoms with Crippen molar-refractivity contribution >= 4 is 16.9 Å². The van der Waals surface area contributed by atoms with Crippen molar-refractivity contribution in [3.63, 3.8) is 0 Å². The van der Waals surface area contributed by atoms with Crippen LogP contribution in [0.4, 0.5) is 4.39 Å². The maximum absolute atomic E-state index is 13.0. The summed E-state index contributed by atoms with van der Waals surface area (Å²) in [7, 11) is 1.54. The number of hydrogen-bond donors (Lipinski definition) is 1. The summed E-state index contributed by atoms with van der Waals surface area (Å²) in [4.78, 5) is 14.5. The van der Waals surface area contributed by atoms with Crippen molar-refractivity contribution < 1.29 is 9.18 Å². The van der Waals surface area contributed by atoms with Gasteiger partial charge in [0.05, 0.1) is 11.0 Å². The smallest absolute Gasteiger partial charge is 0.289 e. The standard InChI is InChI=1S/C9H8FN3O/c1-13-7-4-5(8(11)14)2-3-6(7)12-9(13)10/h2-4H,1H3,(H2,11,14). The van der Waals surface area contributed by atoms with Crippen LogP contribution in [0.5, 0.6) is 0 Å². The number of halogens is 1. The lowest BCUT2D eigenvalue weighted by atomic mass is 10.2. The minimum atomic E-state index is -0.582. The summed E-state index contributed by atoms with van der Waals surface area (Å²) < 4.78 is 14.3. The number of nitrogens with zero attached hydrogens (tertiary/aromatic N) is 2. The van der Waals surface area contributed by atoms with Crippen LogP contribution >= 0.6 is 0 Å². The molecule has 0 saturated carbocycles. The van der Waals surface area contributed by atoms with Crippen molar-refractivity contribution in [2.24, 2.45) is 12.8 Å². The lowest BCUT2D eigenvalue weighted by Crippen LogP contribution is -2.10. The van der Waals surface area contributed by atoms with Crippen molar-refractivity contribution in [3.8, 4) is 0 Å². The number of carbonyl (C=O) groups excluding carboxylic acids is 1. The van der Waals surface area contributed by atoms with E-state index in [0.29, 0.717) is 16.6 Å². The molecule has 1 aromatic carbocycles. The predicted octanol–water partition coefficient (Wildman–Crippen LogP) is 0.811. The zero-order chi connectivity index (χ0) is 10.3. The first-order valence-corrected chi connectivity index (χ1v) is 4.01. The molecule has 2 aromatic rings. The summed E-state index contributed by atoms with van der Waals surface area (Å²) in [6.07, 6.45) is -0.582. The molecule has 0 aliphatic heterocycles. The summed E-state index contributed by atoms with van der Waals surface area (Å²) in [5.74, 6) is -0.534. The molecule has 1 heterocycles. The molecular formula is C9H8FN3O. The number of carbonyl (C=O) groups is 1. The fraction of sp³-hybridized carbons (Fsp3) is 0.111. The van der Waals surface area contributed by atoms with Crippen LogP contribution in [0.25, 0.3) is 11.0 Å². The van der Waals surface area contributed by atoms with Crippen LogP contribution in [0.2, 0.25) is 0 Å². The molecule has 0 aliphatic carbocycles. The minimum Gasteiger partial charge on any atom is -0.366 e. The number of rotatable bonds is 1. The van der Waals surface area contributed by atoms with E-state index in [-0.39, 0.29) is 0 Å². The van der Waals surface area contributed by atoms with Crippen molar-refractivity contribution in [2.45, 2.75) is 0 Å². The highest BCUT2D eigenvalue weighted by atomic mass is 19.1. The quantitative estimate of drug-likeness (QED) is 0.728. The molecule has 0 bridgehead atoms. The van der Waals surface area contributed by atoms with Gasteiger partial charge in [-0.2, -0.15) is 4.39 Å². The van der Waals surface area contributed by atoms with Crippen LogP contribution in [0.3, 0.4) is 0 Å². The van der Waals surface area contributed by atoms with Gasteiger partial charge in [-0.05, 0) is 18.2 Å². The van der Waals surface area contributed by atoms with Crippen LogP contribution in [-0.2, 0) is 7.05 Å². The molecule has 5 heteroatoms. The first kappa shape index (κ1) is 8.68. The number of fused-ring (bicyclic) bond motifs is 1. The Hall–Kier alpha value is -1.91. The van der Waals surface area contributed by atoms with Gasteiger partial charge < -0.3 is 10.3 Å². The normalized spacial score (nSPS) is 10.7. The maximum atomic E-state index is 13.0. The topological polar surface area (TPSA) is 60.9 Å². The van der Waals surface area contributed by atoms with Gasteiger partial charge in [0.2, 0.25) is 5.91 Å². The highest BCUT2D eigenvalue weighted by molar-refractivity contribution is 5.96. The zero-order valence-corrected chi connectivity index (χ0v) is 7.49. The Balaban J connectivity index is 2.76. The van der Waals surface area contributed by atoms with Gasteiger partial charge in [0, 0.05) is 12.6 Å². The fourth-order valence-corrected chi connectivity index (χ4v) is 1.31. The van der Waals surface area contributed by atoms with Gasteiger partial charge in [0.15, 0.2) is 0 Å². The second-order valence-electron chi connectivity index (χ2n) is 3.01. The van der Waals surface area contributed by atoms with E-state index in [1.807, 2.05) is 0 Å². The van der Waals surface area contributed by atoms with E-state index >= 15 is 0 Å². The molecule has 1 amide bonds. The average molecular weight is 193 g/mol. The molecule has 1 aromatic heterocycles. The van der Waals surface area contributed by atoms with E-state index in [4.69, 9.17) is 5.73 Å². The number of primary amides is 1. The van der Waals surface area contributed by atoms with Gasteiger partial charge in [0.1, 0.15) is 0 Å². The molecule has 4 nitrogen and oxygen atoms in total. The molecule has 0 aliphatic rings. The van der Waals surface area contributed by atoms with Crippen LogP contribution in [0, 0.1) is 6.08 Å². The minimum absolute atomic E-state index is 0.348. The number of aromatic nitrogens is 2. The molecule has 72 valence electrons. The number of imidazole rings is 1. The Morgan fingerprint density at radius 2 is 2.29 bits per heavy atom. The van der Waals surface area contributed by atoms with E-state index in [1.165, 1.54) is 23.7 Å². The number of nitrogens with two attached hydrogens (primary N) is 1. The second-order valence-corrected chi connectivity index (χ2v) is 3.01. The molecule has 0 atom stereocenters. The van der Waals surface area contributed by atoms with Gasteiger partial charge >= 0.3 is 0 Å². The number of amides is 1. The maximum Gasteiger partial charge on any atom is 0.289 e. The molecule has 0 spiro atoms. The fourth-order valence-electron chi connectivity index (χ4n) is 1.31. The van der Waals surface area contributed by atoms with Crippen LogP contribution in [0.1, 0.15) is 10.4 Å². The SMILES string of the molecule is Cn1c(F)nc2ccc(C(N)=O)cc21. The van der Waals surface area contributed by atoms with E-state index in [1.54, 1.807) is 6.07 Å². The van der Waals surface area contributed by atoms with E-state index in [9.17, 15) is 9.18 Å². The summed E-state index contributed by atoms with van der Waals surface area (Å²) in [5, 5.41) is 0. The molecular weight excluding hydrogens is 185 g/mol. The molecule has 2 N–H and O–H groups in total. The largest absolute Gasteiger partial charge is 0.366 e. The van der Waals surface area contributed by atoms with Gasteiger partial charge in [-0.3, -0.25) is 4.79 Å². The second kappa shape index (κ2) is 2.80. The predicted molar refractivity (Wildman–Crippen MR) is 49.2 cm³/mol. The Kier molecular flexibility index (Phi) is 1.73. The Bertz CT molecular complexity index is 518. The van der Waals surface area contributed by atoms with Crippen molar-refractivity contribution in [3.05, 3.63) is 29.8 Å². The summed E-state index contributed by atoms with van der Waals surface area (Å²) in [6.45, 7) is 0. The monoisotopic (exact) mass is 193 g/mol. The summed E-state index contributed by atoms with van der Waals surface area (Å²) >= 11 is 0. The van der Waals surface area contributed by atoms with Gasteiger partial charge in [0.25, 0.3) is 6.08 Å². The third-order valence-electron chi connectivity index (χ3n) is 2.11. The van der Waals surface area contributed by atoms with Gasteiger partial charge in [-0.1, -0.05) is 0 Å². The lowest BCUT2D eigenvalue weighted by molar-refractivity contribution is 0.100. The van der Waals surface area contributed by atoms with E-state index in [2.05, 4.69) is 4.98 Å². The van der Waals surface area contributed by atoms with Crippen molar-refractivity contribution in [1.82, 2.24) is 9.55 Å². The summed E-state index contributed by atoms with van der Waals surface area (Å²) in [5.41, 5.74) is 6.51. The third kappa shape index (κ3) is 1.14. The molecule has 0 radical (unpaired) electrons. The summed E-state index contributed by atoms with van der Waals surface area (Å²) in [6, 6.07) is 4.61. The number of benzene rings is 1. The first-order valence-electron chi connectivity index (χ1n) is 4.01. The Morgan fingerprint density at radius 3 is 2.93 bits per heavy atom. The lowest BCUT2D eigenvalue weighted by Gasteiger charge is -1.97. The average Bonchev–Trinajstić information content (AvgIpc) is 2.43. The van der Waals surface area contributed by atoms with Crippen LogP contribution < -0.4 is 5.73 Å².